The SMILES string of the molecule is COc1ccc(C(OC[C@H]2O[C@@H](n3cnc4c(N)nc(Cl)nc43)[C@H](O[Si](C)(C)C(C)(C)C)[C@H]2N=[N+]=[N-])(c2ccccc2)c2ccccc2)cc1. The number of aromatic nitrogens is 4. The molecule has 3 aromatic carbocycles. The van der Waals surface area contributed by atoms with Crippen molar-refractivity contribution in [1.82, 2.24) is 19.5 Å². The molecular weight excluding hydrogens is 672 g/mol. The lowest BCUT2D eigenvalue weighted by Crippen LogP contribution is -2.48. The number of methoxy groups -OCH3 is 1. The molecule has 6 rings (SSSR count). The van der Waals surface area contributed by atoms with Crippen LogP contribution in [-0.2, 0) is 19.5 Å². The van der Waals surface area contributed by atoms with Gasteiger partial charge in [-0.3, -0.25) is 4.57 Å². The summed E-state index contributed by atoms with van der Waals surface area (Å²) in [5.74, 6) is 0.858. The first kappa shape index (κ1) is 35.3. The Labute approximate surface area is 297 Å². The van der Waals surface area contributed by atoms with Gasteiger partial charge in [0.1, 0.15) is 23.0 Å². The van der Waals surface area contributed by atoms with Crippen LogP contribution in [0.15, 0.2) is 96.4 Å². The van der Waals surface area contributed by atoms with Crippen LogP contribution in [0.5, 0.6) is 5.75 Å². The van der Waals surface area contributed by atoms with Gasteiger partial charge in [0.05, 0.1) is 32.2 Å². The van der Waals surface area contributed by atoms with E-state index in [4.69, 9.17) is 36.0 Å². The van der Waals surface area contributed by atoms with Crippen LogP contribution in [0.1, 0.15) is 43.7 Å². The summed E-state index contributed by atoms with van der Waals surface area (Å²) < 4.78 is 28.3. The van der Waals surface area contributed by atoms with Crippen molar-refractivity contribution >= 4 is 36.9 Å². The van der Waals surface area contributed by atoms with Crippen molar-refractivity contribution in [2.45, 2.75) is 69.0 Å². The molecule has 0 unspecified atom stereocenters. The smallest absolute Gasteiger partial charge is 0.226 e. The highest BCUT2D eigenvalue weighted by atomic mass is 35.5. The van der Waals surface area contributed by atoms with E-state index in [9.17, 15) is 5.53 Å². The molecule has 0 radical (unpaired) electrons. The van der Waals surface area contributed by atoms with Crippen LogP contribution in [-0.4, -0.2) is 59.8 Å². The van der Waals surface area contributed by atoms with Crippen molar-refractivity contribution in [3.05, 3.63) is 124 Å². The average molecular weight is 713 g/mol. The number of fused-ring (bicyclic) bond motifs is 1. The van der Waals surface area contributed by atoms with E-state index in [2.05, 4.69) is 58.8 Å². The van der Waals surface area contributed by atoms with Crippen molar-refractivity contribution in [2.75, 3.05) is 19.5 Å². The Morgan fingerprint density at radius 2 is 1.56 bits per heavy atom. The van der Waals surface area contributed by atoms with Gasteiger partial charge < -0.3 is 24.4 Å². The summed E-state index contributed by atoms with van der Waals surface area (Å²) in [6.45, 7) is 10.8. The van der Waals surface area contributed by atoms with Gasteiger partial charge in [0.2, 0.25) is 5.28 Å². The number of hydrogen-bond donors (Lipinski definition) is 1. The molecule has 0 saturated carbocycles. The van der Waals surface area contributed by atoms with Gasteiger partial charge in [0, 0.05) is 4.91 Å². The largest absolute Gasteiger partial charge is 0.497 e. The van der Waals surface area contributed by atoms with Crippen molar-refractivity contribution in [2.24, 2.45) is 5.11 Å². The lowest BCUT2D eigenvalue weighted by Gasteiger charge is -2.40. The number of hydrogen-bond acceptors (Lipinski definition) is 9. The van der Waals surface area contributed by atoms with E-state index in [1.165, 1.54) is 0 Å². The van der Waals surface area contributed by atoms with Gasteiger partial charge in [-0.2, -0.15) is 9.97 Å². The highest BCUT2D eigenvalue weighted by Gasteiger charge is 2.52. The van der Waals surface area contributed by atoms with E-state index in [1.807, 2.05) is 84.9 Å². The molecule has 260 valence electrons. The van der Waals surface area contributed by atoms with Gasteiger partial charge in [0.25, 0.3) is 0 Å². The van der Waals surface area contributed by atoms with Crippen LogP contribution >= 0.6 is 11.6 Å². The van der Waals surface area contributed by atoms with Gasteiger partial charge in [-0.05, 0) is 64.1 Å². The number of nitrogens with two attached hydrogens (primary N) is 1. The second kappa shape index (κ2) is 14.0. The van der Waals surface area contributed by atoms with E-state index in [-0.39, 0.29) is 22.7 Å². The Kier molecular flexibility index (Phi) is 9.91. The summed E-state index contributed by atoms with van der Waals surface area (Å²) >= 11 is 6.26. The number of nitrogens with zero attached hydrogens (tertiary/aromatic N) is 7. The zero-order chi connectivity index (χ0) is 35.7. The molecule has 2 aromatic heterocycles. The third-order valence-corrected chi connectivity index (χ3v) is 14.4. The molecule has 0 bridgehead atoms. The summed E-state index contributed by atoms with van der Waals surface area (Å²) in [6.07, 6.45) is -0.711. The zero-order valence-corrected chi connectivity index (χ0v) is 30.7. The molecule has 1 aliphatic rings. The molecule has 0 spiro atoms. The second-order valence-corrected chi connectivity index (χ2v) is 18.9. The van der Waals surface area contributed by atoms with Crippen molar-refractivity contribution in [3.8, 4) is 5.75 Å². The summed E-state index contributed by atoms with van der Waals surface area (Å²) in [4.78, 5) is 16.3. The molecule has 2 N–H and O–H groups in total. The first-order chi connectivity index (χ1) is 23.9. The number of rotatable bonds is 11. The molecule has 3 heterocycles. The van der Waals surface area contributed by atoms with Gasteiger partial charge in [-0.25, -0.2) is 4.98 Å². The first-order valence-electron chi connectivity index (χ1n) is 16.3. The van der Waals surface area contributed by atoms with Crippen LogP contribution in [0.2, 0.25) is 23.4 Å². The van der Waals surface area contributed by atoms with Gasteiger partial charge in [-0.15, -0.1) is 0 Å². The fourth-order valence-corrected chi connectivity index (χ4v) is 7.61. The Morgan fingerprint density at radius 3 is 2.12 bits per heavy atom. The fraction of sp³-hybridized carbons (Fsp3) is 0.361. The Bertz CT molecular complexity index is 1940. The van der Waals surface area contributed by atoms with Gasteiger partial charge >= 0.3 is 0 Å². The molecule has 1 saturated heterocycles. The van der Waals surface area contributed by atoms with E-state index in [1.54, 1.807) is 18.0 Å². The van der Waals surface area contributed by atoms with Crippen LogP contribution in [0.25, 0.3) is 21.6 Å². The maximum atomic E-state index is 9.93. The minimum Gasteiger partial charge on any atom is -0.497 e. The van der Waals surface area contributed by atoms with E-state index >= 15 is 0 Å². The van der Waals surface area contributed by atoms with Gasteiger partial charge in [-0.1, -0.05) is 98.7 Å². The topological polar surface area (TPSA) is 155 Å². The number of halogens is 1. The fourth-order valence-electron chi connectivity index (χ4n) is 6.15. The lowest BCUT2D eigenvalue weighted by atomic mass is 9.80. The van der Waals surface area contributed by atoms with Crippen molar-refractivity contribution in [1.29, 1.82) is 0 Å². The standard InChI is InChI=1S/C36H41ClN8O4Si/c1-35(2,3)50(5,6)49-30-28(43-44-39)27(48-33(30)45-22-40-29-31(38)41-34(37)42-32(29)45)21-47-36(23-13-9-7-10-14-23,24-15-11-8-12-16-24)25-17-19-26(46-4)20-18-25/h7-20,22,27-28,30,33H,21H2,1-6H3,(H2,38,41,42)/t27-,28+,30-,33-/m1/s1. The maximum Gasteiger partial charge on any atom is 0.226 e. The molecule has 1 aliphatic heterocycles. The quantitative estimate of drug-likeness (QED) is 0.0360. The summed E-state index contributed by atoms with van der Waals surface area (Å²) in [5.41, 5.74) is 18.5. The van der Waals surface area contributed by atoms with E-state index in [0.29, 0.717) is 11.2 Å². The molecule has 50 heavy (non-hydrogen) atoms. The maximum absolute atomic E-state index is 9.93. The third-order valence-electron chi connectivity index (χ3n) is 9.75. The van der Waals surface area contributed by atoms with Crippen molar-refractivity contribution < 1.29 is 18.6 Å². The lowest BCUT2D eigenvalue weighted by molar-refractivity contribution is -0.0851. The molecular formula is C36H41ClN8O4Si. The van der Waals surface area contributed by atoms with Gasteiger partial charge in [0.15, 0.2) is 26.0 Å². The molecule has 12 nitrogen and oxygen atoms in total. The van der Waals surface area contributed by atoms with Crippen molar-refractivity contribution in [3.63, 3.8) is 0 Å². The van der Waals surface area contributed by atoms with Crippen LogP contribution in [0, 0.1) is 0 Å². The average Bonchev–Trinajstić information content (AvgIpc) is 3.67. The number of azide groups is 1. The van der Waals surface area contributed by atoms with E-state index < -0.39 is 38.4 Å². The number of ether oxygens (including phenoxy) is 3. The summed E-state index contributed by atoms with van der Waals surface area (Å²) in [6, 6.07) is 27.1. The van der Waals surface area contributed by atoms with Crippen LogP contribution in [0.3, 0.4) is 0 Å². The first-order valence-corrected chi connectivity index (χ1v) is 19.6. The number of imidazole rings is 1. The molecule has 0 amide bonds. The number of nitrogen functional groups attached to an aromatic ring is 1. The number of anilines is 1. The molecule has 5 aromatic rings. The Hall–Kier alpha value is -4.49. The predicted molar refractivity (Wildman–Crippen MR) is 195 cm³/mol. The second-order valence-electron chi connectivity index (χ2n) is 13.8. The highest BCUT2D eigenvalue weighted by molar-refractivity contribution is 6.74. The van der Waals surface area contributed by atoms with Crippen LogP contribution in [0.4, 0.5) is 5.82 Å². The molecule has 1 fully saturated rings. The minimum absolute atomic E-state index is 0.0257. The molecule has 14 heteroatoms. The summed E-state index contributed by atoms with van der Waals surface area (Å²) in [7, 11) is -0.838. The Balaban J connectivity index is 1.48. The third kappa shape index (κ3) is 6.56. The summed E-state index contributed by atoms with van der Waals surface area (Å²) in [5, 5.41) is 4.12. The number of benzene rings is 3. The molecule has 4 atom stereocenters. The molecule has 0 aliphatic carbocycles. The highest BCUT2D eigenvalue weighted by Crippen LogP contribution is 2.46. The Morgan fingerprint density at radius 1 is 0.960 bits per heavy atom. The van der Waals surface area contributed by atoms with Crippen LogP contribution < -0.4 is 10.5 Å². The predicted octanol–water partition coefficient (Wildman–Crippen LogP) is 8.05. The van der Waals surface area contributed by atoms with E-state index in [0.717, 1.165) is 22.4 Å². The normalized spacial score (nSPS) is 19.7. The monoisotopic (exact) mass is 712 g/mol. The minimum atomic E-state index is -2.47. The zero-order valence-electron chi connectivity index (χ0n) is 28.9.